The number of carbonyl (C=O) groups is 1. The van der Waals surface area contributed by atoms with Gasteiger partial charge >= 0.3 is 5.97 Å². The maximum absolute atomic E-state index is 12.6. The summed E-state index contributed by atoms with van der Waals surface area (Å²) >= 11 is 0. The highest BCUT2D eigenvalue weighted by atomic mass is 16.5. The number of carbonyl (C=O) groups excluding carboxylic acids is 1. The minimum atomic E-state index is -0.230. The molecule has 0 unspecified atom stereocenters. The number of esters is 1. The molecular formula is C23H36O2. The van der Waals surface area contributed by atoms with Gasteiger partial charge in [-0.25, -0.2) is 4.79 Å². The van der Waals surface area contributed by atoms with Gasteiger partial charge in [-0.15, -0.1) is 0 Å². The van der Waals surface area contributed by atoms with Crippen LogP contribution in [0.15, 0.2) is 35.6 Å². The Balaban J connectivity index is 1.92. The van der Waals surface area contributed by atoms with Crippen molar-refractivity contribution < 1.29 is 9.53 Å². The predicted octanol–water partition coefficient (Wildman–Crippen LogP) is 7.16. The Morgan fingerprint density at radius 1 is 0.720 bits per heavy atom. The lowest BCUT2D eigenvalue weighted by Crippen LogP contribution is -2.10. The van der Waals surface area contributed by atoms with E-state index in [4.69, 9.17) is 4.74 Å². The summed E-state index contributed by atoms with van der Waals surface area (Å²) in [5.74, 6) is 0.639. The third-order valence-corrected chi connectivity index (χ3v) is 5.40. The van der Waals surface area contributed by atoms with Crippen LogP contribution in [0.3, 0.4) is 0 Å². The van der Waals surface area contributed by atoms with Gasteiger partial charge in [0.25, 0.3) is 0 Å². The molecule has 2 aliphatic carbocycles. The molecule has 0 spiro atoms. The summed E-state index contributed by atoms with van der Waals surface area (Å²) in [6, 6.07) is 0. The smallest absolute Gasteiger partial charge is 0.342 e. The van der Waals surface area contributed by atoms with Crippen LogP contribution in [0.4, 0.5) is 0 Å². The number of allylic oxidation sites excluding steroid dienone is 3. The van der Waals surface area contributed by atoms with Crippen molar-refractivity contribution in [2.24, 2.45) is 0 Å². The Kier molecular flexibility index (Phi) is 9.69. The van der Waals surface area contributed by atoms with Crippen molar-refractivity contribution in [3.63, 3.8) is 0 Å². The van der Waals surface area contributed by atoms with E-state index in [1.54, 1.807) is 0 Å². The number of ether oxygens (including phenoxy) is 1. The highest BCUT2D eigenvalue weighted by Crippen LogP contribution is 2.24. The Labute approximate surface area is 154 Å². The summed E-state index contributed by atoms with van der Waals surface area (Å²) in [6.07, 6.45) is 23.4. The van der Waals surface area contributed by atoms with Crippen molar-refractivity contribution in [3.05, 3.63) is 35.6 Å². The van der Waals surface area contributed by atoms with Crippen LogP contribution < -0.4 is 0 Å². The molecular weight excluding hydrogens is 308 g/mol. The van der Waals surface area contributed by atoms with Gasteiger partial charge in [0, 0.05) is 6.42 Å². The van der Waals surface area contributed by atoms with Crippen LogP contribution in [-0.2, 0) is 9.53 Å². The zero-order valence-corrected chi connectivity index (χ0v) is 16.0. The summed E-state index contributed by atoms with van der Waals surface area (Å²) in [5.41, 5.74) is 1.70. The Morgan fingerprint density at radius 3 is 1.92 bits per heavy atom. The first-order chi connectivity index (χ1) is 12.3. The van der Waals surface area contributed by atoms with Crippen LogP contribution in [-0.4, -0.2) is 5.97 Å². The molecule has 0 aromatic heterocycles. The molecule has 2 nitrogen and oxygen atoms in total. The molecule has 2 aliphatic rings. The lowest BCUT2D eigenvalue weighted by Gasteiger charge is -2.15. The Bertz CT molecular complexity index is 484. The fourth-order valence-corrected chi connectivity index (χ4v) is 3.74. The molecule has 0 aromatic carbocycles. The van der Waals surface area contributed by atoms with E-state index in [9.17, 15) is 4.79 Å². The highest BCUT2D eigenvalue weighted by molar-refractivity contribution is 5.93. The molecule has 0 N–H and O–H groups in total. The molecule has 0 atom stereocenters. The van der Waals surface area contributed by atoms with Gasteiger partial charge in [-0.05, 0) is 56.6 Å². The average Bonchev–Trinajstić information content (AvgIpc) is 2.64. The lowest BCUT2D eigenvalue weighted by molar-refractivity contribution is -0.135. The maximum Gasteiger partial charge on any atom is 0.342 e. The maximum atomic E-state index is 12.6. The van der Waals surface area contributed by atoms with E-state index in [1.807, 2.05) is 0 Å². The van der Waals surface area contributed by atoms with E-state index >= 15 is 0 Å². The molecule has 140 valence electrons. The molecule has 0 aliphatic heterocycles. The first-order valence-electron chi connectivity index (χ1n) is 10.6. The molecule has 0 aromatic rings. The molecule has 0 amide bonds. The van der Waals surface area contributed by atoms with Gasteiger partial charge in [0.2, 0.25) is 0 Å². The third-order valence-electron chi connectivity index (χ3n) is 5.40. The van der Waals surface area contributed by atoms with Crippen molar-refractivity contribution in [2.45, 2.75) is 103 Å². The summed E-state index contributed by atoms with van der Waals surface area (Å²) in [6.45, 7) is 4.08. The standard InChI is InChI=1S/C23H36O2/c1-20(21-16-12-8-4-2-5-9-13-17-21)23(24)25-22-18-14-10-6-3-7-11-15-19-22/h16,18H,1-15,17,19H2. The van der Waals surface area contributed by atoms with Crippen LogP contribution >= 0.6 is 0 Å². The Hall–Kier alpha value is -1.31. The van der Waals surface area contributed by atoms with Gasteiger partial charge in [-0.1, -0.05) is 64.0 Å². The minimum absolute atomic E-state index is 0.230. The van der Waals surface area contributed by atoms with Gasteiger partial charge in [0.05, 0.1) is 5.57 Å². The fraction of sp³-hybridized carbons (Fsp3) is 0.696. The molecule has 25 heavy (non-hydrogen) atoms. The fourth-order valence-electron chi connectivity index (χ4n) is 3.74. The van der Waals surface area contributed by atoms with Gasteiger partial charge in [0.15, 0.2) is 0 Å². The van der Waals surface area contributed by atoms with E-state index < -0.39 is 0 Å². The van der Waals surface area contributed by atoms with Gasteiger partial charge < -0.3 is 4.74 Å². The molecule has 2 rings (SSSR count). The topological polar surface area (TPSA) is 26.3 Å². The lowest BCUT2D eigenvalue weighted by atomic mass is 9.96. The molecule has 0 radical (unpaired) electrons. The summed E-state index contributed by atoms with van der Waals surface area (Å²) in [7, 11) is 0. The van der Waals surface area contributed by atoms with Gasteiger partial charge in [0.1, 0.15) is 5.76 Å². The van der Waals surface area contributed by atoms with Gasteiger partial charge in [-0.2, -0.15) is 0 Å². The van der Waals surface area contributed by atoms with E-state index in [0.717, 1.165) is 49.9 Å². The summed E-state index contributed by atoms with van der Waals surface area (Å²) in [4.78, 5) is 12.6. The van der Waals surface area contributed by atoms with Crippen molar-refractivity contribution >= 4 is 5.97 Å². The van der Waals surface area contributed by atoms with E-state index in [-0.39, 0.29) is 5.97 Å². The van der Waals surface area contributed by atoms with Crippen LogP contribution in [0.5, 0.6) is 0 Å². The number of rotatable bonds is 3. The molecule has 0 fully saturated rings. The van der Waals surface area contributed by atoms with Crippen LogP contribution in [0, 0.1) is 0 Å². The predicted molar refractivity (Wildman–Crippen MR) is 105 cm³/mol. The normalized spacial score (nSPS) is 21.4. The zero-order chi connectivity index (χ0) is 17.7. The number of hydrogen-bond acceptors (Lipinski definition) is 2. The highest BCUT2D eigenvalue weighted by Gasteiger charge is 2.16. The second-order valence-corrected chi connectivity index (χ2v) is 7.59. The molecule has 0 saturated carbocycles. The van der Waals surface area contributed by atoms with Crippen LogP contribution in [0.2, 0.25) is 0 Å². The summed E-state index contributed by atoms with van der Waals surface area (Å²) < 4.78 is 5.75. The second kappa shape index (κ2) is 12.1. The number of hydrogen-bond donors (Lipinski definition) is 0. The Morgan fingerprint density at radius 2 is 1.24 bits per heavy atom. The van der Waals surface area contributed by atoms with E-state index in [1.165, 1.54) is 64.2 Å². The molecule has 2 heteroatoms. The largest absolute Gasteiger partial charge is 0.428 e. The van der Waals surface area contributed by atoms with Gasteiger partial charge in [-0.3, -0.25) is 0 Å². The monoisotopic (exact) mass is 344 g/mol. The van der Waals surface area contributed by atoms with E-state index in [2.05, 4.69) is 18.7 Å². The van der Waals surface area contributed by atoms with Crippen molar-refractivity contribution in [1.82, 2.24) is 0 Å². The minimum Gasteiger partial charge on any atom is -0.428 e. The quantitative estimate of drug-likeness (QED) is 0.401. The first-order valence-corrected chi connectivity index (χ1v) is 10.6. The van der Waals surface area contributed by atoms with Crippen molar-refractivity contribution in [2.75, 3.05) is 0 Å². The van der Waals surface area contributed by atoms with Crippen molar-refractivity contribution in [1.29, 1.82) is 0 Å². The van der Waals surface area contributed by atoms with E-state index in [0.29, 0.717) is 5.57 Å². The van der Waals surface area contributed by atoms with Crippen LogP contribution in [0.25, 0.3) is 0 Å². The molecule has 0 heterocycles. The second-order valence-electron chi connectivity index (χ2n) is 7.59. The molecule has 0 bridgehead atoms. The zero-order valence-electron chi connectivity index (χ0n) is 16.0. The van der Waals surface area contributed by atoms with Crippen molar-refractivity contribution in [3.8, 4) is 0 Å². The SMILES string of the molecule is C=C(C(=O)OC1=CCCCCCCCC1)C1=CCCCCCCCC1. The third kappa shape index (κ3) is 8.07. The summed E-state index contributed by atoms with van der Waals surface area (Å²) in [5, 5.41) is 0. The average molecular weight is 345 g/mol. The van der Waals surface area contributed by atoms with Crippen LogP contribution in [0.1, 0.15) is 103 Å². The first kappa shape index (κ1) is 20.0. The molecule has 0 saturated heterocycles.